The largest absolute Gasteiger partial charge is 0.350 e. The molecule has 0 bridgehead atoms. The van der Waals surface area contributed by atoms with Crippen LogP contribution in [0.2, 0.25) is 0 Å². The van der Waals surface area contributed by atoms with Crippen LogP contribution in [-0.4, -0.2) is 23.9 Å². The van der Waals surface area contributed by atoms with Gasteiger partial charge in [-0.05, 0) is 61.9 Å². The first-order valence-electron chi connectivity index (χ1n) is 7.83. The van der Waals surface area contributed by atoms with Crippen molar-refractivity contribution in [2.45, 2.75) is 51.6 Å². The summed E-state index contributed by atoms with van der Waals surface area (Å²) >= 11 is 0. The van der Waals surface area contributed by atoms with E-state index in [0.29, 0.717) is 0 Å². The number of benzene rings is 1. The zero-order valence-corrected chi connectivity index (χ0v) is 12.3. The molecule has 0 aromatic heterocycles. The summed E-state index contributed by atoms with van der Waals surface area (Å²) in [5.74, 6) is 0.0731. The lowest BCUT2D eigenvalue weighted by Gasteiger charge is -2.27. The van der Waals surface area contributed by atoms with Crippen LogP contribution in [0.5, 0.6) is 0 Å². The second-order valence-electron chi connectivity index (χ2n) is 6.16. The number of likely N-dealkylation sites (tertiary alicyclic amines) is 1. The molecule has 0 unspecified atom stereocenters. The van der Waals surface area contributed by atoms with Crippen molar-refractivity contribution in [3.05, 3.63) is 34.9 Å². The Morgan fingerprint density at radius 2 is 2.10 bits per heavy atom. The molecule has 1 N–H and O–H groups in total. The van der Waals surface area contributed by atoms with E-state index in [1.165, 1.54) is 49.0 Å². The third-order valence-corrected chi connectivity index (χ3v) is 4.50. The topological polar surface area (TPSA) is 32.3 Å². The molecule has 1 fully saturated rings. The first-order chi connectivity index (χ1) is 9.72. The van der Waals surface area contributed by atoms with Crippen molar-refractivity contribution in [3.8, 4) is 0 Å². The van der Waals surface area contributed by atoms with Crippen LogP contribution in [0.15, 0.2) is 18.2 Å². The molecule has 20 heavy (non-hydrogen) atoms. The second-order valence-corrected chi connectivity index (χ2v) is 6.16. The fourth-order valence-corrected chi connectivity index (χ4v) is 3.56. The molecule has 3 heteroatoms. The van der Waals surface area contributed by atoms with Crippen LogP contribution in [-0.2, 0) is 17.8 Å². The molecule has 1 heterocycles. The number of carbonyl (C=O) groups is 1. The van der Waals surface area contributed by atoms with E-state index in [4.69, 9.17) is 0 Å². The van der Waals surface area contributed by atoms with Crippen molar-refractivity contribution in [2.24, 2.45) is 0 Å². The van der Waals surface area contributed by atoms with Gasteiger partial charge in [-0.1, -0.05) is 18.2 Å². The highest BCUT2D eigenvalue weighted by atomic mass is 16.1. The quantitative estimate of drug-likeness (QED) is 0.917. The van der Waals surface area contributed by atoms with Gasteiger partial charge in [-0.2, -0.15) is 0 Å². The molecule has 0 spiro atoms. The van der Waals surface area contributed by atoms with Crippen LogP contribution in [0, 0.1) is 0 Å². The van der Waals surface area contributed by atoms with Gasteiger partial charge >= 0.3 is 0 Å². The molecule has 2 aliphatic rings. The van der Waals surface area contributed by atoms with Gasteiger partial charge in [-0.3, -0.25) is 9.69 Å². The Balaban J connectivity index is 1.75. The molecule has 3 rings (SSSR count). The van der Waals surface area contributed by atoms with Gasteiger partial charge in [0.05, 0.1) is 6.04 Å². The smallest absolute Gasteiger partial charge is 0.217 e. The standard InChI is InChI=1S/C17H24N2O/c1-13(20)18-17-6-4-5-15-11-14(7-8-16(15)17)12-19-9-2-3-10-19/h7-8,11,17H,2-6,9-10,12H2,1H3,(H,18,20)/t17-/m1/s1. The van der Waals surface area contributed by atoms with E-state index in [-0.39, 0.29) is 11.9 Å². The highest BCUT2D eigenvalue weighted by molar-refractivity contribution is 5.73. The van der Waals surface area contributed by atoms with Crippen molar-refractivity contribution < 1.29 is 4.79 Å². The van der Waals surface area contributed by atoms with Gasteiger partial charge < -0.3 is 5.32 Å². The zero-order valence-electron chi connectivity index (χ0n) is 12.3. The summed E-state index contributed by atoms with van der Waals surface area (Å²) in [4.78, 5) is 13.8. The molecular formula is C17H24N2O. The Hall–Kier alpha value is -1.35. The molecule has 1 aliphatic carbocycles. The minimum atomic E-state index is 0.0731. The second kappa shape index (κ2) is 5.96. The van der Waals surface area contributed by atoms with Crippen LogP contribution >= 0.6 is 0 Å². The van der Waals surface area contributed by atoms with Gasteiger partial charge in [0.2, 0.25) is 5.91 Å². The number of nitrogens with one attached hydrogen (secondary N) is 1. The van der Waals surface area contributed by atoms with Crippen LogP contribution < -0.4 is 5.32 Å². The van der Waals surface area contributed by atoms with Gasteiger partial charge in [0.15, 0.2) is 0 Å². The van der Waals surface area contributed by atoms with Crippen LogP contribution in [0.4, 0.5) is 0 Å². The van der Waals surface area contributed by atoms with E-state index in [1.807, 2.05) is 0 Å². The summed E-state index contributed by atoms with van der Waals surface area (Å²) in [7, 11) is 0. The van der Waals surface area contributed by atoms with Crippen molar-refractivity contribution >= 4 is 5.91 Å². The molecule has 1 saturated heterocycles. The van der Waals surface area contributed by atoms with E-state index in [2.05, 4.69) is 28.4 Å². The van der Waals surface area contributed by atoms with Gasteiger partial charge in [0.25, 0.3) is 0 Å². The lowest BCUT2D eigenvalue weighted by molar-refractivity contribution is -0.119. The molecular weight excluding hydrogens is 248 g/mol. The average molecular weight is 272 g/mol. The third kappa shape index (κ3) is 3.04. The first kappa shape index (κ1) is 13.6. The number of amides is 1. The Labute approximate surface area is 121 Å². The van der Waals surface area contributed by atoms with E-state index in [0.717, 1.165) is 19.4 Å². The number of hydrogen-bond acceptors (Lipinski definition) is 2. The maximum absolute atomic E-state index is 11.3. The molecule has 3 nitrogen and oxygen atoms in total. The molecule has 0 radical (unpaired) electrons. The van der Waals surface area contributed by atoms with E-state index in [9.17, 15) is 4.79 Å². The normalized spacial score (nSPS) is 22.6. The summed E-state index contributed by atoms with van der Waals surface area (Å²) in [5, 5.41) is 3.08. The molecule has 1 atom stereocenters. The predicted molar refractivity (Wildman–Crippen MR) is 80.4 cm³/mol. The summed E-state index contributed by atoms with van der Waals surface area (Å²) < 4.78 is 0. The summed E-state index contributed by atoms with van der Waals surface area (Å²) in [5.41, 5.74) is 4.19. The fraction of sp³-hybridized carbons (Fsp3) is 0.588. The SMILES string of the molecule is CC(=O)N[C@@H]1CCCc2cc(CN3CCCC3)ccc21. The maximum atomic E-state index is 11.3. The summed E-state index contributed by atoms with van der Waals surface area (Å²) in [6, 6.07) is 7.07. The van der Waals surface area contributed by atoms with Crippen molar-refractivity contribution in [3.63, 3.8) is 0 Å². The Morgan fingerprint density at radius 3 is 2.85 bits per heavy atom. The van der Waals surface area contributed by atoms with E-state index < -0.39 is 0 Å². The molecule has 1 aromatic rings. The Kier molecular flexibility index (Phi) is 4.06. The molecule has 1 aliphatic heterocycles. The lowest BCUT2D eigenvalue weighted by Crippen LogP contribution is -2.29. The fourth-order valence-electron chi connectivity index (χ4n) is 3.56. The van der Waals surface area contributed by atoms with Crippen LogP contribution in [0.3, 0.4) is 0 Å². The summed E-state index contributed by atoms with van der Waals surface area (Å²) in [6.07, 6.45) is 6.08. The van der Waals surface area contributed by atoms with Gasteiger partial charge in [0.1, 0.15) is 0 Å². The molecule has 1 aromatic carbocycles. The van der Waals surface area contributed by atoms with Gasteiger partial charge in [-0.15, -0.1) is 0 Å². The first-order valence-corrected chi connectivity index (χ1v) is 7.83. The van der Waals surface area contributed by atoms with E-state index >= 15 is 0 Å². The third-order valence-electron chi connectivity index (χ3n) is 4.50. The predicted octanol–water partition coefficient (Wildman–Crippen LogP) is 2.80. The highest BCUT2D eigenvalue weighted by Gasteiger charge is 2.21. The average Bonchev–Trinajstić information content (AvgIpc) is 2.91. The van der Waals surface area contributed by atoms with Crippen molar-refractivity contribution in [2.75, 3.05) is 13.1 Å². The zero-order chi connectivity index (χ0) is 13.9. The maximum Gasteiger partial charge on any atom is 0.217 e. The number of nitrogens with zero attached hydrogens (tertiary/aromatic N) is 1. The number of rotatable bonds is 3. The van der Waals surface area contributed by atoms with Crippen LogP contribution in [0.1, 0.15) is 55.3 Å². The van der Waals surface area contributed by atoms with Crippen molar-refractivity contribution in [1.29, 1.82) is 0 Å². The highest BCUT2D eigenvalue weighted by Crippen LogP contribution is 2.30. The lowest BCUT2D eigenvalue weighted by atomic mass is 9.86. The summed E-state index contributed by atoms with van der Waals surface area (Å²) in [6.45, 7) is 5.17. The Morgan fingerprint density at radius 1 is 1.30 bits per heavy atom. The monoisotopic (exact) mass is 272 g/mol. The van der Waals surface area contributed by atoms with Gasteiger partial charge in [-0.25, -0.2) is 0 Å². The Bertz CT molecular complexity index is 492. The molecule has 1 amide bonds. The molecule has 0 saturated carbocycles. The number of aryl methyl sites for hydroxylation is 1. The minimum absolute atomic E-state index is 0.0731. The number of fused-ring (bicyclic) bond motifs is 1. The molecule has 108 valence electrons. The van der Waals surface area contributed by atoms with Gasteiger partial charge in [0, 0.05) is 13.5 Å². The minimum Gasteiger partial charge on any atom is -0.350 e. The number of hydrogen-bond donors (Lipinski definition) is 1. The van der Waals surface area contributed by atoms with Crippen molar-refractivity contribution in [1.82, 2.24) is 10.2 Å². The van der Waals surface area contributed by atoms with Crippen LogP contribution in [0.25, 0.3) is 0 Å². The van der Waals surface area contributed by atoms with E-state index in [1.54, 1.807) is 6.92 Å². The number of carbonyl (C=O) groups excluding carboxylic acids is 1.